The summed E-state index contributed by atoms with van der Waals surface area (Å²) in [5.41, 5.74) is 1.30. The molecule has 108 valence electrons. The molecule has 0 aliphatic rings. The maximum absolute atomic E-state index is 11.9. The van der Waals surface area contributed by atoms with E-state index < -0.39 is 5.97 Å². The molecule has 0 aliphatic carbocycles. The number of carboxylic acids is 1. The fourth-order valence-electron chi connectivity index (χ4n) is 1.72. The molecule has 1 aromatic heterocycles. The Morgan fingerprint density at radius 2 is 1.90 bits per heavy atom. The Kier molecular flexibility index (Phi) is 4.18. The number of aromatic nitrogens is 2. The van der Waals surface area contributed by atoms with E-state index >= 15 is 0 Å². The molecule has 1 N–H and O–H groups in total. The smallest absolute Gasteiger partial charge is 0.354 e. The Labute approximate surface area is 126 Å². The molecule has 2 rings (SSSR count). The largest absolute Gasteiger partial charge is 0.477 e. The first-order chi connectivity index (χ1) is 9.90. The third-order valence-electron chi connectivity index (χ3n) is 2.79. The van der Waals surface area contributed by atoms with Crippen molar-refractivity contribution in [2.45, 2.75) is 0 Å². The van der Waals surface area contributed by atoms with Gasteiger partial charge in [-0.2, -0.15) is 0 Å². The zero-order valence-corrected chi connectivity index (χ0v) is 12.1. The van der Waals surface area contributed by atoms with Crippen LogP contribution >= 0.6 is 11.6 Å². The summed E-state index contributed by atoms with van der Waals surface area (Å²) in [6.45, 7) is 0. The van der Waals surface area contributed by atoms with Gasteiger partial charge in [0.15, 0.2) is 5.69 Å². The van der Waals surface area contributed by atoms with Crippen LogP contribution in [0.25, 0.3) is 11.3 Å². The van der Waals surface area contributed by atoms with Gasteiger partial charge in [-0.25, -0.2) is 14.8 Å². The van der Waals surface area contributed by atoms with Crippen molar-refractivity contribution in [2.24, 2.45) is 0 Å². The number of nitrogens with zero attached hydrogens (tertiary/aromatic N) is 3. The summed E-state index contributed by atoms with van der Waals surface area (Å²) in [4.78, 5) is 31.9. The van der Waals surface area contributed by atoms with Crippen molar-refractivity contribution in [3.63, 3.8) is 0 Å². The lowest BCUT2D eigenvalue weighted by atomic mass is 10.1. The van der Waals surface area contributed by atoms with Gasteiger partial charge in [0.1, 0.15) is 6.33 Å². The van der Waals surface area contributed by atoms with Crippen LogP contribution in [0.1, 0.15) is 20.8 Å². The molecule has 0 aliphatic heterocycles. The second kappa shape index (κ2) is 5.88. The summed E-state index contributed by atoms with van der Waals surface area (Å²) in [7, 11) is 3.27. The highest BCUT2D eigenvalue weighted by molar-refractivity contribution is 6.34. The molecule has 0 saturated heterocycles. The Morgan fingerprint density at radius 3 is 2.48 bits per heavy atom. The van der Waals surface area contributed by atoms with E-state index in [2.05, 4.69) is 9.97 Å². The SMILES string of the molecule is CN(C)C(=O)c1ccc(-c2cc(C(=O)O)ncn2)cc1Cl. The van der Waals surface area contributed by atoms with E-state index in [1.54, 1.807) is 32.3 Å². The number of benzene rings is 1. The van der Waals surface area contributed by atoms with Crippen molar-refractivity contribution in [3.8, 4) is 11.3 Å². The second-order valence-electron chi connectivity index (χ2n) is 4.49. The predicted octanol–water partition coefficient (Wildman–Crippen LogP) is 2.20. The summed E-state index contributed by atoms with van der Waals surface area (Å²) >= 11 is 6.11. The third-order valence-corrected chi connectivity index (χ3v) is 3.10. The van der Waals surface area contributed by atoms with Crippen molar-refractivity contribution in [1.29, 1.82) is 0 Å². The van der Waals surface area contributed by atoms with E-state index in [9.17, 15) is 9.59 Å². The van der Waals surface area contributed by atoms with Gasteiger partial charge in [-0.1, -0.05) is 17.7 Å². The first kappa shape index (κ1) is 14.9. The lowest BCUT2D eigenvalue weighted by molar-refractivity contribution is 0.0690. The highest BCUT2D eigenvalue weighted by Gasteiger charge is 2.14. The molecular formula is C14H12ClN3O3. The molecule has 1 amide bonds. The standard InChI is InChI=1S/C14H12ClN3O3/c1-18(2)13(19)9-4-3-8(5-10(9)15)11-6-12(14(20)21)17-7-16-11/h3-7H,1-2H3,(H,20,21). The predicted molar refractivity (Wildman–Crippen MR) is 77.5 cm³/mol. The second-order valence-corrected chi connectivity index (χ2v) is 4.90. The van der Waals surface area contributed by atoms with Crippen molar-refractivity contribution in [1.82, 2.24) is 14.9 Å². The Bertz CT molecular complexity index is 716. The number of carbonyl (C=O) groups excluding carboxylic acids is 1. The van der Waals surface area contributed by atoms with Crippen LogP contribution in [-0.2, 0) is 0 Å². The van der Waals surface area contributed by atoms with Crippen LogP contribution in [0.15, 0.2) is 30.6 Å². The fraction of sp³-hybridized carbons (Fsp3) is 0.143. The quantitative estimate of drug-likeness (QED) is 0.940. The van der Waals surface area contributed by atoms with Gasteiger partial charge in [-0.15, -0.1) is 0 Å². The van der Waals surface area contributed by atoms with Crippen LogP contribution in [0.4, 0.5) is 0 Å². The van der Waals surface area contributed by atoms with Crippen LogP contribution in [0.2, 0.25) is 5.02 Å². The molecule has 0 saturated carbocycles. The lowest BCUT2D eigenvalue weighted by Gasteiger charge is -2.12. The average Bonchev–Trinajstić information content (AvgIpc) is 2.46. The van der Waals surface area contributed by atoms with Crippen molar-refractivity contribution < 1.29 is 14.7 Å². The van der Waals surface area contributed by atoms with E-state index in [0.717, 1.165) is 0 Å². The number of aromatic carboxylic acids is 1. The number of hydrogen-bond acceptors (Lipinski definition) is 4. The minimum atomic E-state index is -1.14. The third kappa shape index (κ3) is 3.17. The first-order valence-electron chi connectivity index (χ1n) is 5.97. The van der Waals surface area contributed by atoms with Crippen molar-refractivity contribution >= 4 is 23.5 Å². The Hall–Kier alpha value is -2.47. The molecule has 0 bridgehead atoms. The molecule has 0 atom stereocenters. The minimum Gasteiger partial charge on any atom is -0.477 e. The van der Waals surface area contributed by atoms with Gasteiger partial charge in [0.25, 0.3) is 5.91 Å². The topological polar surface area (TPSA) is 83.4 Å². The number of carboxylic acid groups (broad SMARTS) is 1. The number of amides is 1. The molecule has 7 heteroatoms. The van der Waals surface area contributed by atoms with Gasteiger partial charge in [-0.05, 0) is 18.2 Å². The zero-order valence-electron chi connectivity index (χ0n) is 11.4. The normalized spacial score (nSPS) is 10.2. The molecule has 21 heavy (non-hydrogen) atoms. The minimum absolute atomic E-state index is 0.107. The van der Waals surface area contributed by atoms with E-state index in [1.807, 2.05) is 0 Å². The summed E-state index contributed by atoms with van der Waals surface area (Å²) < 4.78 is 0. The summed E-state index contributed by atoms with van der Waals surface area (Å²) in [5, 5.41) is 9.20. The van der Waals surface area contributed by atoms with Crippen LogP contribution in [0.5, 0.6) is 0 Å². The summed E-state index contributed by atoms with van der Waals surface area (Å²) in [5.74, 6) is -1.34. The van der Waals surface area contributed by atoms with Crippen LogP contribution in [-0.4, -0.2) is 45.9 Å². The van der Waals surface area contributed by atoms with Gasteiger partial charge in [0.05, 0.1) is 16.3 Å². The number of rotatable bonds is 3. The van der Waals surface area contributed by atoms with Crippen LogP contribution in [0, 0.1) is 0 Å². The molecule has 0 spiro atoms. The monoisotopic (exact) mass is 305 g/mol. The average molecular weight is 306 g/mol. The van der Waals surface area contributed by atoms with Gasteiger partial charge in [0.2, 0.25) is 0 Å². The van der Waals surface area contributed by atoms with Gasteiger partial charge < -0.3 is 10.0 Å². The zero-order chi connectivity index (χ0) is 15.6. The molecular weight excluding hydrogens is 294 g/mol. The Balaban J connectivity index is 2.43. The molecule has 1 heterocycles. The maximum atomic E-state index is 11.9. The maximum Gasteiger partial charge on any atom is 0.354 e. The lowest BCUT2D eigenvalue weighted by Crippen LogP contribution is -2.21. The highest BCUT2D eigenvalue weighted by Crippen LogP contribution is 2.25. The summed E-state index contributed by atoms with van der Waals surface area (Å²) in [6.07, 6.45) is 1.17. The number of halogens is 1. The van der Waals surface area contributed by atoms with E-state index in [4.69, 9.17) is 16.7 Å². The molecule has 0 unspecified atom stereocenters. The van der Waals surface area contributed by atoms with E-state index in [1.165, 1.54) is 17.3 Å². The van der Waals surface area contributed by atoms with E-state index in [0.29, 0.717) is 16.8 Å². The van der Waals surface area contributed by atoms with Gasteiger partial charge in [0, 0.05) is 19.7 Å². The molecule has 6 nitrogen and oxygen atoms in total. The first-order valence-corrected chi connectivity index (χ1v) is 6.35. The van der Waals surface area contributed by atoms with Crippen LogP contribution < -0.4 is 0 Å². The van der Waals surface area contributed by atoms with Crippen LogP contribution in [0.3, 0.4) is 0 Å². The highest BCUT2D eigenvalue weighted by atomic mass is 35.5. The molecule has 0 radical (unpaired) electrons. The fourth-order valence-corrected chi connectivity index (χ4v) is 1.98. The number of hydrogen-bond donors (Lipinski definition) is 1. The van der Waals surface area contributed by atoms with Gasteiger partial charge >= 0.3 is 5.97 Å². The summed E-state index contributed by atoms with van der Waals surface area (Å²) in [6, 6.07) is 6.17. The van der Waals surface area contributed by atoms with E-state index in [-0.39, 0.29) is 16.6 Å². The van der Waals surface area contributed by atoms with Crippen molar-refractivity contribution in [3.05, 3.63) is 46.9 Å². The van der Waals surface area contributed by atoms with Gasteiger partial charge in [-0.3, -0.25) is 4.79 Å². The number of carbonyl (C=O) groups is 2. The Morgan fingerprint density at radius 1 is 1.19 bits per heavy atom. The molecule has 0 fully saturated rings. The van der Waals surface area contributed by atoms with Crippen molar-refractivity contribution in [2.75, 3.05) is 14.1 Å². The molecule has 1 aromatic carbocycles. The molecule has 2 aromatic rings.